The molecule has 1 atom stereocenters. The second kappa shape index (κ2) is 5.09. The van der Waals surface area contributed by atoms with E-state index >= 15 is 0 Å². The van der Waals surface area contributed by atoms with E-state index in [-0.39, 0.29) is 18.5 Å². The molecule has 4 heteroatoms. The van der Waals surface area contributed by atoms with Crippen LogP contribution in [0.5, 0.6) is 0 Å². The van der Waals surface area contributed by atoms with Gasteiger partial charge in [-0.2, -0.15) is 0 Å². The molecule has 0 aliphatic rings. The van der Waals surface area contributed by atoms with Crippen molar-refractivity contribution < 1.29 is 9.50 Å². The van der Waals surface area contributed by atoms with Crippen LogP contribution in [0.4, 0.5) is 10.1 Å². The van der Waals surface area contributed by atoms with Gasteiger partial charge in [-0.1, -0.05) is 6.07 Å². The summed E-state index contributed by atoms with van der Waals surface area (Å²) in [5.41, 5.74) is 6.66. The van der Waals surface area contributed by atoms with Crippen molar-refractivity contribution in [3.8, 4) is 0 Å². The van der Waals surface area contributed by atoms with Crippen molar-refractivity contribution in [3.05, 3.63) is 29.6 Å². The Kier molecular flexibility index (Phi) is 4.05. The molecule has 3 N–H and O–H groups in total. The maximum atomic E-state index is 13.6. The molecule has 0 amide bonds. The van der Waals surface area contributed by atoms with Gasteiger partial charge in [0.25, 0.3) is 0 Å². The molecular formula is C11H17FN2O. The molecule has 15 heavy (non-hydrogen) atoms. The summed E-state index contributed by atoms with van der Waals surface area (Å²) in [5.74, 6) is -0.305. The van der Waals surface area contributed by atoms with Crippen molar-refractivity contribution in [1.82, 2.24) is 0 Å². The lowest BCUT2D eigenvalue weighted by molar-refractivity contribution is 0.269. The molecule has 0 aliphatic carbocycles. The monoisotopic (exact) mass is 212 g/mol. The zero-order chi connectivity index (χ0) is 11.4. The van der Waals surface area contributed by atoms with E-state index in [9.17, 15) is 4.39 Å². The molecular weight excluding hydrogens is 195 g/mol. The number of rotatable bonds is 4. The average Bonchev–Trinajstić information content (AvgIpc) is 2.26. The number of nitrogens with two attached hydrogens (primary N) is 1. The normalized spacial score (nSPS) is 12.6. The number of benzene rings is 1. The molecule has 1 rings (SSSR count). The number of nitrogens with zero attached hydrogens (tertiary/aromatic N) is 1. The highest BCUT2D eigenvalue weighted by molar-refractivity contribution is 5.49. The molecule has 1 unspecified atom stereocenters. The van der Waals surface area contributed by atoms with Crippen molar-refractivity contribution >= 4 is 5.69 Å². The first-order chi connectivity index (χ1) is 7.10. The standard InChI is InChI=1S/C11H17FN2O/c1-8(7-15)14(2)11-4-3-9(6-13)5-10(11)12/h3-5,8,15H,6-7,13H2,1-2H3. The molecule has 84 valence electrons. The minimum atomic E-state index is -0.305. The first-order valence-electron chi connectivity index (χ1n) is 4.92. The minimum absolute atomic E-state index is 0.00538. The van der Waals surface area contributed by atoms with Crippen LogP contribution in [0.1, 0.15) is 12.5 Å². The van der Waals surface area contributed by atoms with E-state index in [1.165, 1.54) is 6.07 Å². The Morgan fingerprint density at radius 2 is 2.20 bits per heavy atom. The fourth-order valence-corrected chi connectivity index (χ4v) is 1.32. The average molecular weight is 212 g/mol. The Balaban J connectivity index is 2.95. The van der Waals surface area contributed by atoms with E-state index in [0.29, 0.717) is 12.2 Å². The van der Waals surface area contributed by atoms with E-state index in [2.05, 4.69) is 0 Å². The van der Waals surface area contributed by atoms with Gasteiger partial charge in [-0.15, -0.1) is 0 Å². The molecule has 0 aromatic heterocycles. The van der Waals surface area contributed by atoms with E-state index in [1.54, 1.807) is 24.1 Å². The van der Waals surface area contributed by atoms with Crippen molar-refractivity contribution in [2.45, 2.75) is 19.5 Å². The van der Waals surface area contributed by atoms with Crippen LogP contribution in [0, 0.1) is 5.82 Å². The van der Waals surface area contributed by atoms with E-state index in [4.69, 9.17) is 10.8 Å². The summed E-state index contributed by atoms with van der Waals surface area (Å²) in [6.07, 6.45) is 0. The van der Waals surface area contributed by atoms with Crippen LogP contribution >= 0.6 is 0 Å². The Bertz CT molecular complexity index is 330. The summed E-state index contributed by atoms with van der Waals surface area (Å²) in [5, 5.41) is 8.97. The zero-order valence-electron chi connectivity index (χ0n) is 9.07. The molecule has 0 spiro atoms. The number of aliphatic hydroxyl groups is 1. The molecule has 1 aromatic carbocycles. The summed E-state index contributed by atoms with van der Waals surface area (Å²) in [4.78, 5) is 1.70. The molecule has 1 aromatic rings. The van der Waals surface area contributed by atoms with Gasteiger partial charge >= 0.3 is 0 Å². The van der Waals surface area contributed by atoms with Crippen molar-refractivity contribution in [2.24, 2.45) is 5.73 Å². The van der Waals surface area contributed by atoms with E-state index in [1.807, 2.05) is 6.92 Å². The third kappa shape index (κ3) is 2.67. The van der Waals surface area contributed by atoms with Gasteiger partial charge < -0.3 is 15.7 Å². The second-order valence-corrected chi connectivity index (χ2v) is 3.63. The van der Waals surface area contributed by atoms with E-state index < -0.39 is 0 Å². The van der Waals surface area contributed by atoms with Gasteiger partial charge in [0, 0.05) is 19.6 Å². The molecule has 0 fully saturated rings. The van der Waals surface area contributed by atoms with Crippen LogP contribution in [0.2, 0.25) is 0 Å². The predicted molar refractivity (Wildman–Crippen MR) is 59.2 cm³/mol. The van der Waals surface area contributed by atoms with Crippen molar-refractivity contribution in [1.29, 1.82) is 0 Å². The highest BCUT2D eigenvalue weighted by atomic mass is 19.1. The van der Waals surface area contributed by atoms with Gasteiger partial charge in [0.15, 0.2) is 0 Å². The number of likely N-dealkylation sites (N-methyl/N-ethyl adjacent to an activating group) is 1. The summed E-state index contributed by atoms with van der Waals surface area (Å²) in [7, 11) is 1.75. The van der Waals surface area contributed by atoms with Crippen LogP contribution in [0.3, 0.4) is 0 Å². The van der Waals surface area contributed by atoms with Gasteiger partial charge in [-0.25, -0.2) is 4.39 Å². The smallest absolute Gasteiger partial charge is 0.146 e. The van der Waals surface area contributed by atoms with Gasteiger partial charge in [-0.3, -0.25) is 0 Å². The summed E-state index contributed by atoms with van der Waals surface area (Å²) >= 11 is 0. The Morgan fingerprint density at radius 3 is 2.67 bits per heavy atom. The van der Waals surface area contributed by atoms with Crippen LogP contribution in [0.15, 0.2) is 18.2 Å². The Labute approximate surface area is 89.3 Å². The molecule has 0 aliphatic heterocycles. The lowest BCUT2D eigenvalue weighted by Crippen LogP contribution is -2.32. The SMILES string of the molecule is CC(CO)N(C)c1ccc(CN)cc1F. The lowest BCUT2D eigenvalue weighted by Gasteiger charge is -2.25. The lowest BCUT2D eigenvalue weighted by atomic mass is 10.1. The fraction of sp³-hybridized carbons (Fsp3) is 0.455. The number of halogens is 1. The summed E-state index contributed by atoms with van der Waals surface area (Å²) < 4.78 is 13.6. The highest BCUT2D eigenvalue weighted by Crippen LogP contribution is 2.20. The fourth-order valence-electron chi connectivity index (χ4n) is 1.32. The highest BCUT2D eigenvalue weighted by Gasteiger charge is 2.12. The molecule has 0 radical (unpaired) electrons. The van der Waals surface area contributed by atoms with Gasteiger partial charge in [0.2, 0.25) is 0 Å². The molecule has 0 bridgehead atoms. The quantitative estimate of drug-likeness (QED) is 0.785. The first-order valence-corrected chi connectivity index (χ1v) is 4.92. The molecule has 3 nitrogen and oxygen atoms in total. The maximum absolute atomic E-state index is 13.6. The van der Waals surface area contributed by atoms with Crippen LogP contribution < -0.4 is 10.6 Å². The maximum Gasteiger partial charge on any atom is 0.146 e. The Morgan fingerprint density at radius 1 is 1.53 bits per heavy atom. The van der Waals surface area contributed by atoms with Gasteiger partial charge in [0.1, 0.15) is 5.82 Å². The van der Waals surface area contributed by atoms with E-state index in [0.717, 1.165) is 5.56 Å². The number of anilines is 1. The third-order valence-corrected chi connectivity index (χ3v) is 2.55. The van der Waals surface area contributed by atoms with Gasteiger partial charge in [-0.05, 0) is 24.6 Å². The molecule has 0 heterocycles. The first kappa shape index (κ1) is 11.9. The Hall–Kier alpha value is -1.13. The van der Waals surface area contributed by atoms with Crippen molar-refractivity contribution in [2.75, 3.05) is 18.6 Å². The molecule has 0 saturated carbocycles. The summed E-state index contributed by atoms with van der Waals surface area (Å²) in [6.45, 7) is 2.15. The molecule has 0 saturated heterocycles. The van der Waals surface area contributed by atoms with Gasteiger partial charge in [0.05, 0.1) is 12.3 Å². The van der Waals surface area contributed by atoms with Crippen LogP contribution in [-0.2, 0) is 6.54 Å². The third-order valence-electron chi connectivity index (χ3n) is 2.55. The second-order valence-electron chi connectivity index (χ2n) is 3.63. The van der Waals surface area contributed by atoms with Crippen LogP contribution in [-0.4, -0.2) is 24.8 Å². The zero-order valence-corrected chi connectivity index (χ0v) is 9.07. The predicted octanol–water partition coefficient (Wildman–Crippen LogP) is 1.10. The number of aliphatic hydroxyl groups excluding tert-OH is 1. The minimum Gasteiger partial charge on any atom is -0.394 e. The van der Waals surface area contributed by atoms with Crippen LogP contribution in [0.25, 0.3) is 0 Å². The topological polar surface area (TPSA) is 49.5 Å². The largest absolute Gasteiger partial charge is 0.394 e. The number of hydrogen-bond acceptors (Lipinski definition) is 3. The summed E-state index contributed by atoms with van der Waals surface area (Å²) in [6, 6.07) is 4.79. The van der Waals surface area contributed by atoms with Crippen molar-refractivity contribution in [3.63, 3.8) is 0 Å². The number of hydrogen-bond donors (Lipinski definition) is 2.